The number of hydrogen-bond acceptors (Lipinski definition) is 16. The topological polar surface area (TPSA) is 180 Å². The van der Waals surface area contributed by atoms with Crippen LogP contribution in [-0.4, -0.2) is 117 Å². The molecule has 0 bridgehead atoms. The van der Waals surface area contributed by atoms with E-state index in [0.717, 1.165) is 104 Å². The van der Waals surface area contributed by atoms with Crippen LogP contribution in [0.2, 0.25) is 10.6 Å². The number of nitrogens with zero attached hydrogens (tertiary/aromatic N) is 8. The van der Waals surface area contributed by atoms with Gasteiger partial charge in [0.05, 0.1) is 14.2 Å². The molecule has 52 heavy (non-hydrogen) atoms. The van der Waals surface area contributed by atoms with Gasteiger partial charge in [-0.05, 0) is 86.0 Å². The van der Waals surface area contributed by atoms with Crippen molar-refractivity contribution in [2.45, 2.75) is 65.7 Å². The fourth-order valence-electron chi connectivity index (χ4n) is 4.64. The monoisotopic (exact) mass is 813 g/mol. The van der Waals surface area contributed by atoms with E-state index in [-0.39, 0.29) is 35.1 Å². The maximum Gasteiger partial charge on any atom is 0.256 e. The van der Waals surface area contributed by atoms with Crippen LogP contribution in [0.25, 0.3) is 0 Å². The van der Waals surface area contributed by atoms with Gasteiger partial charge in [-0.15, -0.1) is 0 Å². The Morgan fingerprint density at radius 1 is 0.654 bits per heavy atom. The summed E-state index contributed by atoms with van der Waals surface area (Å²) in [7, 11) is 6.47. The van der Waals surface area contributed by atoms with Crippen molar-refractivity contribution in [1.29, 1.82) is 0 Å². The van der Waals surface area contributed by atoms with Crippen molar-refractivity contribution in [3.05, 3.63) is 17.5 Å². The van der Waals surface area contributed by atoms with Crippen molar-refractivity contribution in [1.82, 2.24) is 29.9 Å². The summed E-state index contributed by atoms with van der Waals surface area (Å²) in [6, 6.07) is 0. The van der Waals surface area contributed by atoms with Crippen molar-refractivity contribution in [3.8, 4) is 0 Å². The van der Waals surface area contributed by atoms with E-state index in [4.69, 9.17) is 52.8 Å². The van der Waals surface area contributed by atoms with E-state index >= 15 is 0 Å². The standard InChI is InChI=1S/C17H30N6O3.C6H13NO.C5H6Cl2N4O.C3H8.C2H5.V/c1-23(24-2)17-21-15(18-11-13-3-7-25-8-4-13)20-16(22-17)19-12-14-5-9-26-10-6-14;7-5-6-1-3-8-4-2-6;1-11(12-2)5-9-3(6)8-4(7)10-5;1-3-2;1-2;/h13-14H,3-12H2,1-2H3,(H2,18,19,20,21,22);6H,1-5,7H2;1-2H3;3H2,1-2H3;1H2,2H3;/q;;;;-1;. The number of hydroxylamine groups is 2. The number of halogens is 2. The third-order valence-corrected chi connectivity index (χ3v) is 8.10. The van der Waals surface area contributed by atoms with Crippen molar-refractivity contribution in [2.24, 2.45) is 23.5 Å². The minimum absolute atomic E-state index is 0. The number of hydrogen-bond donors (Lipinski definition) is 3. The van der Waals surface area contributed by atoms with Crippen LogP contribution in [-0.2, 0) is 42.4 Å². The molecule has 16 nitrogen and oxygen atoms in total. The second kappa shape index (κ2) is 31.5. The van der Waals surface area contributed by atoms with Gasteiger partial charge in [-0.1, -0.05) is 20.3 Å². The molecule has 0 atom stereocenters. The minimum Gasteiger partial charge on any atom is -0.381 e. The number of aromatic nitrogens is 6. The summed E-state index contributed by atoms with van der Waals surface area (Å²) in [5, 5.41) is 9.62. The number of nitrogens with two attached hydrogens (primary N) is 1. The van der Waals surface area contributed by atoms with Crippen LogP contribution in [0, 0.1) is 24.7 Å². The molecule has 299 valence electrons. The molecule has 0 spiro atoms. The Morgan fingerprint density at radius 2 is 0.981 bits per heavy atom. The summed E-state index contributed by atoms with van der Waals surface area (Å²) in [6.07, 6.45) is 7.85. The molecule has 3 fully saturated rings. The molecule has 5 rings (SSSR count). The van der Waals surface area contributed by atoms with E-state index in [1.165, 1.54) is 23.7 Å². The van der Waals surface area contributed by atoms with E-state index < -0.39 is 0 Å². The van der Waals surface area contributed by atoms with Crippen LogP contribution >= 0.6 is 23.2 Å². The second-order valence-electron chi connectivity index (χ2n) is 11.7. The van der Waals surface area contributed by atoms with Crippen molar-refractivity contribution < 1.29 is 42.4 Å². The van der Waals surface area contributed by atoms with Crippen molar-refractivity contribution in [2.75, 3.05) is 108 Å². The maximum atomic E-state index is 5.52. The molecule has 3 aliphatic rings. The molecular formula is C33H62Cl2N11O5V-. The van der Waals surface area contributed by atoms with Gasteiger partial charge in [-0.2, -0.15) is 36.8 Å². The quantitative estimate of drug-likeness (QED) is 0.195. The molecule has 1 radical (unpaired) electrons. The molecule has 19 heteroatoms. The molecule has 3 aliphatic heterocycles. The van der Waals surface area contributed by atoms with Gasteiger partial charge in [0.2, 0.25) is 22.5 Å². The summed E-state index contributed by atoms with van der Waals surface area (Å²) >= 11 is 11.0. The fourth-order valence-corrected chi connectivity index (χ4v) is 4.99. The van der Waals surface area contributed by atoms with E-state index in [9.17, 15) is 0 Å². The van der Waals surface area contributed by atoms with Crippen LogP contribution in [0.3, 0.4) is 0 Å². The van der Waals surface area contributed by atoms with Crippen LogP contribution in [0.4, 0.5) is 23.8 Å². The number of ether oxygens (including phenoxy) is 3. The van der Waals surface area contributed by atoms with Gasteiger partial charge < -0.3 is 37.5 Å². The van der Waals surface area contributed by atoms with E-state index in [0.29, 0.717) is 29.7 Å². The third-order valence-electron chi connectivity index (χ3n) is 7.76. The first kappa shape index (κ1) is 50.1. The van der Waals surface area contributed by atoms with Gasteiger partial charge in [-0.3, -0.25) is 9.68 Å². The predicted octanol–water partition coefficient (Wildman–Crippen LogP) is 5.35. The van der Waals surface area contributed by atoms with Gasteiger partial charge in [0.1, 0.15) is 0 Å². The molecule has 2 aromatic heterocycles. The molecule has 2 aromatic rings. The van der Waals surface area contributed by atoms with Gasteiger partial charge in [0, 0.05) is 85.4 Å². The van der Waals surface area contributed by atoms with Gasteiger partial charge >= 0.3 is 0 Å². The Labute approximate surface area is 333 Å². The molecule has 0 amide bonds. The Bertz CT molecular complexity index is 1090. The molecule has 5 heterocycles. The normalized spacial score (nSPS) is 16.1. The molecule has 0 unspecified atom stereocenters. The molecular weight excluding hydrogens is 752 g/mol. The first-order valence-corrected chi connectivity index (χ1v) is 18.5. The summed E-state index contributed by atoms with van der Waals surface area (Å²) < 4.78 is 16.0. The summed E-state index contributed by atoms with van der Waals surface area (Å²) in [5.41, 5.74) is 5.45. The van der Waals surface area contributed by atoms with E-state index in [1.54, 1.807) is 28.1 Å². The summed E-state index contributed by atoms with van der Waals surface area (Å²) in [5.74, 6) is 3.79. The number of rotatable bonds is 11. The Morgan fingerprint density at radius 3 is 1.29 bits per heavy atom. The van der Waals surface area contributed by atoms with Gasteiger partial charge in [0.15, 0.2) is 0 Å². The smallest absolute Gasteiger partial charge is 0.256 e. The maximum absolute atomic E-state index is 5.52. The zero-order valence-corrected chi connectivity index (χ0v) is 35.1. The molecule has 0 saturated carbocycles. The predicted molar refractivity (Wildman–Crippen MR) is 204 cm³/mol. The largest absolute Gasteiger partial charge is 0.381 e. The average molecular weight is 815 g/mol. The Hall–Kier alpha value is -1.86. The van der Waals surface area contributed by atoms with E-state index in [2.05, 4.69) is 61.3 Å². The zero-order valence-electron chi connectivity index (χ0n) is 32.2. The third kappa shape index (κ3) is 21.7. The molecule has 4 N–H and O–H groups in total. The second-order valence-corrected chi connectivity index (χ2v) is 12.4. The number of anilines is 4. The van der Waals surface area contributed by atoms with Crippen LogP contribution in [0.1, 0.15) is 65.7 Å². The summed E-state index contributed by atoms with van der Waals surface area (Å²) in [6.45, 7) is 16.9. The Kier molecular flexibility index (Phi) is 30.4. The minimum atomic E-state index is 0. The van der Waals surface area contributed by atoms with Crippen LogP contribution < -0.4 is 26.5 Å². The zero-order chi connectivity index (χ0) is 37.9. The average Bonchev–Trinajstić information content (AvgIpc) is 3.18. The first-order valence-electron chi connectivity index (χ1n) is 17.7. The van der Waals surface area contributed by atoms with Gasteiger partial charge in [0.25, 0.3) is 11.9 Å². The number of nitrogens with one attached hydrogen (secondary N) is 2. The van der Waals surface area contributed by atoms with Gasteiger partial charge in [-0.25, -0.2) is 10.1 Å². The Balaban J connectivity index is 0.000000826. The summed E-state index contributed by atoms with van der Waals surface area (Å²) in [4.78, 5) is 34.6. The molecule has 3 saturated heterocycles. The van der Waals surface area contributed by atoms with Crippen molar-refractivity contribution >= 4 is 47.0 Å². The van der Waals surface area contributed by atoms with Crippen LogP contribution in [0.5, 0.6) is 0 Å². The van der Waals surface area contributed by atoms with Crippen molar-refractivity contribution in [3.63, 3.8) is 0 Å². The van der Waals surface area contributed by atoms with Crippen LogP contribution in [0.15, 0.2) is 0 Å². The van der Waals surface area contributed by atoms with E-state index in [1.807, 2.05) is 0 Å². The first-order chi connectivity index (χ1) is 24.7. The SMILES string of the molecule is CCC.CON(C)c1nc(Cl)nc(Cl)n1.CON(C)c1nc(NCC2CCOCC2)nc(NCC2CCOCC2)n1.NCC1CCOCC1.[CH2-]C.[V]. The fraction of sp³-hybridized carbons (Fsp3) is 0.788. The molecule has 0 aromatic carbocycles. The molecule has 0 aliphatic carbocycles.